The summed E-state index contributed by atoms with van der Waals surface area (Å²) in [5.74, 6) is 0.178. The van der Waals surface area contributed by atoms with Gasteiger partial charge in [0.2, 0.25) is 5.91 Å². The molecule has 6 heteroatoms. The van der Waals surface area contributed by atoms with E-state index in [9.17, 15) is 4.79 Å². The fraction of sp³-hybridized carbons (Fsp3) is 0.500. The highest BCUT2D eigenvalue weighted by atomic mass is 16.2. The van der Waals surface area contributed by atoms with Gasteiger partial charge in [-0.2, -0.15) is 10.2 Å². The quantitative estimate of drug-likeness (QED) is 0.852. The molecule has 1 atom stereocenters. The molecule has 134 valence electrons. The molecular formula is C20H23N5O. The van der Waals surface area contributed by atoms with Gasteiger partial charge in [0.1, 0.15) is 6.04 Å². The second kappa shape index (κ2) is 5.25. The maximum atomic E-state index is 13.2. The highest BCUT2D eigenvalue weighted by molar-refractivity contribution is 5.88. The van der Waals surface area contributed by atoms with Crippen LogP contribution in [-0.4, -0.2) is 31.9 Å². The molecule has 6 rings (SSSR count). The molecule has 3 saturated carbocycles. The van der Waals surface area contributed by atoms with Crippen LogP contribution in [0.1, 0.15) is 48.5 Å². The molecule has 2 bridgehead atoms. The first-order valence-electron chi connectivity index (χ1n) is 9.27. The monoisotopic (exact) mass is 349 g/mol. The molecule has 3 heterocycles. The van der Waals surface area contributed by atoms with Crippen molar-refractivity contribution in [3.63, 3.8) is 0 Å². The van der Waals surface area contributed by atoms with Crippen molar-refractivity contribution in [2.45, 2.75) is 52.1 Å². The molecule has 1 unspecified atom stereocenters. The summed E-state index contributed by atoms with van der Waals surface area (Å²) in [7, 11) is 0. The number of aromatic nitrogens is 3. The van der Waals surface area contributed by atoms with Crippen LogP contribution in [0.5, 0.6) is 0 Å². The molecule has 1 aliphatic heterocycles. The van der Waals surface area contributed by atoms with E-state index < -0.39 is 0 Å². The Morgan fingerprint density at radius 1 is 1.19 bits per heavy atom. The molecule has 26 heavy (non-hydrogen) atoms. The zero-order valence-electron chi connectivity index (χ0n) is 15.2. The van der Waals surface area contributed by atoms with E-state index in [2.05, 4.69) is 28.3 Å². The maximum absolute atomic E-state index is 13.2. The lowest BCUT2D eigenvalue weighted by Crippen LogP contribution is -2.68. The SMILES string of the molecule is Cc1ccc(C2CC=NN2C(=O)C23CC(Cn4cc(C)cn4)(C2)C3)nc1. The molecule has 3 fully saturated rings. The highest BCUT2D eigenvalue weighted by Gasteiger charge is 2.72. The largest absolute Gasteiger partial charge is 0.272 e. The van der Waals surface area contributed by atoms with Gasteiger partial charge in [0.15, 0.2) is 0 Å². The molecule has 3 aliphatic carbocycles. The number of carbonyl (C=O) groups excluding carboxylic acids is 1. The number of carbonyl (C=O) groups is 1. The van der Waals surface area contributed by atoms with Crippen molar-refractivity contribution in [1.29, 1.82) is 0 Å². The molecule has 2 aromatic rings. The summed E-state index contributed by atoms with van der Waals surface area (Å²) < 4.78 is 2.02. The molecular weight excluding hydrogens is 326 g/mol. The molecule has 0 N–H and O–H groups in total. The van der Waals surface area contributed by atoms with Crippen LogP contribution >= 0.6 is 0 Å². The predicted molar refractivity (Wildman–Crippen MR) is 97.4 cm³/mol. The third-order valence-corrected chi connectivity index (χ3v) is 6.17. The van der Waals surface area contributed by atoms with Gasteiger partial charge in [-0.3, -0.25) is 14.5 Å². The molecule has 6 nitrogen and oxygen atoms in total. The van der Waals surface area contributed by atoms with Gasteiger partial charge >= 0.3 is 0 Å². The summed E-state index contributed by atoms with van der Waals surface area (Å²) in [6, 6.07) is 4.01. The van der Waals surface area contributed by atoms with Gasteiger partial charge < -0.3 is 0 Å². The van der Waals surface area contributed by atoms with Crippen molar-refractivity contribution >= 4 is 12.1 Å². The minimum Gasteiger partial charge on any atom is -0.272 e. The van der Waals surface area contributed by atoms with Crippen molar-refractivity contribution in [2.24, 2.45) is 15.9 Å². The van der Waals surface area contributed by atoms with E-state index in [-0.39, 0.29) is 22.8 Å². The Morgan fingerprint density at radius 3 is 2.65 bits per heavy atom. The Bertz CT molecular complexity index is 877. The highest BCUT2D eigenvalue weighted by Crippen LogP contribution is 2.74. The zero-order valence-corrected chi connectivity index (χ0v) is 15.2. The second-order valence-corrected chi connectivity index (χ2v) is 8.49. The molecule has 0 saturated heterocycles. The van der Waals surface area contributed by atoms with Crippen LogP contribution < -0.4 is 0 Å². The summed E-state index contributed by atoms with van der Waals surface area (Å²) in [6.07, 6.45) is 11.3. The molecule has 0 radical (unpaired) electrons. The summed E-state index contributed by atoms with van der Waals surface area (Å²) in [4.78, 5) is 17.7. The van der Waals surface area contributed by atoms with Crippen molar-refractivity contribution in [3.05, 3.63) is 47.5 Å². The van der Waals surface area contributed by atoms with Crippen molar-refractivity contribution < 1.29 is 4.79 Å². The lowest BCUT2D eigenvalue weighted by Gasteiger charge is -2.69. The van der Waals surface area contributed by atoms with Gasteiger partial charge in [0.05, 0.1) is 17.3 Å². The lowest BCUT2D eigenvalue weighted by atomic mass is 9.34. The Morgan fingerprint density at radius 2 is 2.00 bits per heavy atom. The number of hydrogen-bond donors (Lipinski definition) is 0. The van der Waals surface area contributed by atoms with Gasteiger partial charge in [-0.05, 0) is 55.7 Å². The first-order valence-corrected chi connectivity index (χ1v) is 9.27. The van der Waals surface area contributed by atoms with Crippen LogP contribution in [0.4, 0.5) is 0 Å². The molecule has 1 amide bonds. The minimum absolute atomic E-state index is 0.0539. The van der Waals surface area contributed by atoms with Gasteiger partial charge in [-0.15, -0.1) is 0 Å². The number of rotatable bonds is 4. The number of amides is 1. The first-order chi connectivity index (χ1) is 12.5. The predicted octanol–water partition coefficient (Wildman–Crippen LogP) is 3.02. The van der Waals surface area contributed by atoms with E-state index in [0.29, 0.717) is 0 Å². The van der Waals surface area contributed by atoms with Crippen LogP contribution in [0.3, 0.4) is 0 Å². The topological polar surface area (TPSA) is 63.4 Å². The number of aryl methyl sites for hydroxylation is 2. The lowest BCUT2D eigenvalue weighted by molar-refractivity contribution is -0.223. The van der Waals surface area contributed by atoms with Crippen LogP contribution in [0.25, 0.3) is 0 Å². The summed E-state index contributed by atoms with van der Waals surface area (Å²) >= 11 is 0. The number of nitrogens with zero attached hydrogens (tertiary/aromatic N) is 5. The third kappa shape index (κ3) is 2.24. The van der Waals surface area contributed by atoms with Gasteiger partial charge in [0.25, 0.3) is 0 Å². The van der Waals surface area contributed by atoms with E-state index in [4.69, 9.17) is 0 Å². The van der Waals surface area contributed by atoms with E-state index in [1.807, 2.05) is 42.3 Å². The Hall–Kier alpha value is -2.50. The minimum atomic E-state index is -0.202. The second-order valence-electron chi connectivity index (χ2n) is 8.49. The fourth-order valence-electron chi connectivity index (χ4n) is 5.06. The van der Waals surface area contributed by atoms with Crippen LogP contribution in [-0.2, 0) is 11.3 Å². The Kier molecular flexibility index (Phi) is 3.18. The molecule has 2 aromatic heterocycles. The average Bonchev–Trinajstić information content (AvgIpc) is 3.18. The van der Waals surface area contributed by atoms with Crippen LogP contribution in [0.15, 0.2) is 35.8 Å². The summed E-state index contributed by atoms with van der Waals surface area (Å²) in [6.45, 7) is 5.00. The van der Waals surface area contributed by atoms with Gasteiger partial charge in [0, 0.05) is 31.6 Å². The number of hydrazone groups is 1. The first kappa shape index (κ1) is 15.7. The molecule has 0 spiro atoms. The Balaban J connectivity index is 1.28. The normalized spacial score (nSPS) is 31.6. The number of hydrogen-bond acceptors (Lipinski definition) is 4. The van der Waals surface area contributed by atoms with E-state index >= 15 is 0 Å². The summed E-state index contributed by atoms with van der Waals surface area (Å²) in [5, 5.41) is 10.5. The standard InChI is InChI=1S/C20H23N5O/c1-14-3-4-16(21-7-14)17-5-6-22-25(17)18(26)20-10-19(11-20,12-20)13-24-9-15(2)8-23-24/h3-4,6-9,17H,5,10-13H2,1-2H3. The van der Waals surface area contributed by atoms with E-state index in [1.54, 1.807) is 5.01 Å². The average molecular weight is 349 g/mol. The van der Waals surface area contributed by atoms with Gasteiger partial charge in [-0.25, -0.2) is 5.01 Å². The van der Waals surface area contributed by atoms with Crippen molar-refractivity contribution in [3.8, 4) is 0 Å². The van der Waals surface area contributed by atoms with Crippen LogP contribution in [0, 0.1) is 24.7 Å². The van der Waals surface area contributed by atoms with E-state index in [0.717, 1.165) is 43.5 Å². The molecule has 0 aromatic carbocycles. The van der Waals surface area contributed by atoms with E-state index in [1.165, 1.54) is 5.56 Å². The Labute approximate surface area is 152 Å². The maximum Gasteiger partial charge on any atom is 0.249 e. The fourth-order valence-corrected chi connectivity index (χ4v) is 5.06. The smallest absolute Gasteiger partial charge is 0.249 e. The van der Waals surface area contributed by atoms with Crippen molar-refractivity contribution in [1.82, 2.24) is 19.8 Å². The summed E-state index contributed by atoms with van der Waals surface area (Å²) in [5.41, 5.74) is 3.29. The third-order valence-electron chi connectivity index (χ3n) is 6.17. The number of pyridine rings is 1. The zero-order chi connectivity index (χ0) is 17.9. The van der Waals surface area contributed by atoms with Crippen LogP contribution in [0.2, 0.25) is 0 Å². The van der Waals surface area contributed by atoms with Gasteiger partial charge in [-0.1, -0.05) is 6.07 Å². The van der Waals surface area contributed by atoms with Crippen molar-refractivity contribution in [2.75, 3.05) is 0 Å². The molecule has 4 aliphatic rings.